The maximum absolute atomic E-state index is 11.5. The maximum Gasteiger partial charge on any atom is 0.374 e. The lowest BCUT2D eigenvalue weighted by Crippen LogP contribution is -2.05. The van der Waals surface area contributed by atoms with Crippen LogP contribution in [0.15, 0.2) is 28.7 Å². The molecule has 1 aromatic carbocycles. The van der Waals surface area contributed by atoms with Crippen molar-refractivity contribution in [2.45, 2.75) is 0 Å². The van der Waals surface area contributed by atoms with Crippen LogP contribution in [0, 0.1) is 0 Å². The quantitative estimate of drug-likeness (QED) is 0.651. The van der Waals surface area contributed by atoms with Crippen molar-refractivity contribution < 1.29 is 33.0 Å². The van der Waals surface area contributed by atoms with Crippen molar-refractivity contribution >= 4 is 24.5 Å². The van der Waals surface area contributed by atoms with E-state index < -0.39 is 19.9 Å². The number of rotatable bonds is 4. The highest BCUT2D eigenvalue weighted by atomic mass is 31.2. The molecule has 0 spiro atoms. The Morgan fingerprint density at radius 3 is 2.74 bits per heavy atom. The minimum Gasteiger partial charge on any atom is -0.497 e. The molecule has 1 aromatic heterocycles. The van der Waals surface area contributed by atoms with Gasteiger partial charge in [-0.25, -0.2) is 4.79 Å². The summed E-state index contributed by atoms with van der Waals surface area (Å²) in [6.07, 6.45) is -0.980. The number of carbonyl (C=O) groups is 1. The summed E-state index contributed by atoms with van der Waals surface area (Å²) >= 11 is 0. The smallest absolute Gasteiger partial charge is 0.374 e. The second-order valence-electron chi connectivity index (χ2n) is 3.74. The zero-order chi connectivity index (χ0) is 14.0. The summed E-state index contributed by atoms with van der Waals surface area (Å²) in [5, 5.41) is 0.656. The number of carbonyl (C=O) groups excluding carboxylic acids is 1. The average molecular weight is 286 g/mol. The number of esters is 1. The first-order chi connectivity index (χ1) is 8.89. The third-order valence-corrected chi connectivity index (χ3v) is 2.76. The van der Waals surface area contributed by atoms with Crippen molar-refractivity contribution in [3.8, 4) is 5.75 Å². The first kappa shape index (κ1) is 13.6. The number of benzene rings is 1. The van der Waals surface area contributed by atoms with Crippen molar-refractivity contribution in [3.05, 3.63) is 30.0 Å². The molecular weight excluding hydrogens is 275 g/mol. The van der Waals surface area contributed by atoms with Crippen molar-refractivity contribution in [2.24, 2.45) is 0 Å². The van der Waals surface area contributed by atoms with E-state index in [1.807, 2.05) is 0 Å². The minimum absolute atomic E-state index is 0.128. The van der Waals surface area contributed by atoms with E-state index in [0.717, 1.165) is 0 Å². The highest BCUT2D eigenvalue weighted by molar-refractivity contribution is 7.51. The molecule has 0 aliphatic carbocycles. The molecule has 0 fully saturated rings. The van der Waals surface area contributed by atoms with E-state index >= 15 is 0 Å². The van der Waals surface area contributed by atoms with Crippen LogP contribution in [0.25, 0.3) is 11.0 Å². The number of methoxy groups -OCH3 is 1. The van der Waals surface area contributed by atoms with E-state index in [9.17, 15) is 9.36 Å². The van der Waals surface area contributed by atoms with Gasteiger partial charge in [-0.3, -0.25) is 4.57 Å². The van der Waals surface area contributed by atoms with Gasteiger partial charge < -0.3 is 23.7 Å². The molecule has 2 aromatic rings. The van der Waals surface area contributed by atoms with Crippen LogP contribution in [-0.4, -0.2) is 29.2 Å². The molecule has 0 radical (unpaired) electrons. The van der Waals surface area contributed by atoms with Gasteiger partial charge >= 0.3 is 13.6 Å². The van der Waals surface area contributed by atoms with Crippen LogP contribution < -0.4 is 4.74 Å². The average Bonchev–Trinajstić information content (AvgIpc) is 2.77. The molecular formula is C11H11O7P. The van der Waals surface area contributed by atoms with Crippen molar-refractivity contribution in [1.29, 1.82) is 0 Å². The molecule has 19 heavy (non-hydrogen) atoms. The second-order valence-corrected chi connectivity index (χ2v) is 5.33. The topological polar surface area (TPSA) is 106 Å². The lowest BCUT2D eigenvalue weighted by Gasteiger charge is -2.03. The molecule has 102 valence electrons. The van der Waals surface area contributed by atoms with Crippen LogP contribution in [0.4, 0.5) is 0 Å². The van der Waals surface area contributed by atoms with Crippen molar-refractivity contribution in [3.63, 3.8) is 0 Å². The van der Waals surface area contributed by atoms with E-state index in [2.05, 4.69) is 4.74 Å². The summed E-state index contributed by atoms with van der Waals surface area (Å²) in [7, 11) is -2.89. The molecule has 0 aliphatic rings. The molecule has 0 bridgehead atoms. The standard InChI is InChI=1S/C11H11O7P/c1-16-8-3-2-7-4-10(18-9(7)5-8)11(12)17-6-19(13,14)15/h2-5H,6H2,1H3,(H2,13,14,15). The Balaban J connectivity index is 2.21. The Morgan fingerprint density at radius 1 is 1.37 bits per heavy atom. The summed E-state index contributed by atoms with van der Waals surface area (Å²) in [6.45, 7) is 0. The number of hydrogen-bond donors (Lipinski definition) is 2. The van der Waals surface area contributed by atoms with Gasteiger partial charge in [0.05, 0.1) is 7.11 Å². The van der Waals surface area contributed by atoms with Crippen molar-refractivity contribution in [1.82, 2.24) is 0 Å². The largest absolute Gasteiger partial charge is 0.497 e. The Morgan fingerprint density at radius 2 is 2.11 bits per heavy atom. The molecule has 0 aliphatic heterocycles. The maximum atomic E-state index is 11.5. The Labute approximate surface area is 107 Å². The highest BCUT2D eigenvalue weighted by Gasteiger charge is 2.20. The molecule has 1 heterocycles. The lowest BCUT2D eigenvalue weighted by molar-refractivity contribution is 0.0517. The number of hydrogen-bond acceptors (Lipinski definition) is 5. The molecule has 7 nitrogen and oxygen atoms in total. The van der Waals surface area contributed by atoms with E-state index in [-0.39, 0.29) is 5.76 Å². The van der Waals surface area contributed by atoms with Gasteiger partial charge in [0.1, 0.15) is 11.3 Å². The normalized spacial score (nSPS) is 11.5. The summed E-state index contributed by atoms with van der Waals surface area (Å²) in [6, 6.07) is 6.41. The Bertz CT molecular complexity index is 654. The van der Waals surface area contributed by atoms with Crippen molar-refractivity contribution in [2.75, 3.05) is 13.5 Å². The van der Waals surface area contributed by atoms with Gasteiger partial charge in [-0.2, -0.15) is 0 Å². The predicted molar refractivity (Wildman–Crippen MR) is 65.1 cm³/mol. The van der Waals surface area contributed by atoms with Gasteiger partial charge in [0.15, 0.2) is 6.35 Å². The predicted octanol–water partition coefficient (Wildman–Crippen LogP) is 1.73. The summed E-state index contributed by atoms with van der Waals surface area (Å²) in [4.78, 5) is 28.7. The zero-order valence-electron chi connectivity index (χ0n) is 9.90. The summed E-state index contributed by atoms with van der Waals surface area (Å²) in [5.74, 6) is -0.493. The SMILES string of the molecule is COc1ccc2cc(C(=O)OCP(=O)(O)O)oc2c1. The lowest BCUT2D eigenvalue weighted by atomic mass is 10.2. The molecule has 0 amide bonds. The molecule has 0 saturated heterocycles. The monoisotopic (exact) mass is 286 g/mol. The van der Waals surface area contributed by atoms with E-state index in [1.165, 1.54) is 13.2 Å². The molecule has 2 N–H and O–H groups in total. The summed E-state index contributed by atoms with van der Waals surface area (Å²) < 4.78 is 25.3. The van der Waals surface area contributed by atoms with Gasteiger partial charge in [0.25, 0.3) is 0 Å². The third-order valence-electron chi connectivity index (χ3n) is 2.29. The van der Waals surface area contributed by atoms with Gasteiger partial charge in [-0.15, -0.1) is 0 Å². The van der Waals surface area contributed by atoms with Crippen LogP contribution >= 0.6 is 7.60 Å². The molecule has 0 unspecified atom stereocenters. The minimum atomic E-state index is -4.39. The Kier molecular flexibility index (Phi) is 3.61. The number of fused-ring (bicyclic) bond motifs is 1. The fourth-order valence-corrected chi connectivity index (χ4v) is 1.74. The highest BCUT2D eigenvalue weighted by Crippen LogP contribution is 2.34. The van der Waals surface area contributed by atoms with Gasteiger partial charge in [0.2, 0.25) is 5.76 Å². The van der Waals surface area contributed by atoms with Gasteiger partial charge in [0, 0.05) is 11.5 Å². The van der Waals surface area contributed by atoms with Crippen LogP contribution in [0.5, 0.6) is 5.75 Å². The van der Waals surface area contributed by atoms with E-state index in [0.29, 0.717) is 16.7 Å². The van der Waals surface area contributed by atoms with Gasteiger partial charge in [-0.1, -0.05) is 0 Å². The van der Waals surface area contributed by atoms with E-state index in [4.69, 9.17) is 18.9 Å². The Hall–Kier alpha value is -1.82. The fraction of sp³-hybridized carbons (Fsp3) is 0.182. The van der Waals surface area contributed by atoms with E-state index in [1.54, 1.807) is 18.2 Å². The first-order valence-electron chi connectivity index (χ1n) is 5.18. The third kappa shape index (κ3) is 3.35. The molecule has 0 atom stereocenters. The first-order valence-corrected chi connectivity index (χ1v) is 6.98. The molecule has 0 saturated carbocycles. The van der Waals surface area contributed by atoms with Crippen LogP contribution in [0.3, 0.4) is 0 Å². The van der Waals surface area contributed by atoms with Crippen LogP contribution in [0.2, 0.25) is 0 Å². The molecule has 8 heteroatoms. The second kappa shape index (κ2) is 5.05. The molecule has 2 rings (SSSR count). The zero-order valence-corrected chi connectivity index (χ0v) is 10.8. The van der Waals surface area contributed by atoms with Gasteiger partial charge in [-0.05, 0) is 18.2 Å². The fourth-order valence-electron chi connectivity index (χ4n) is 1.45. The number of ether oxygens (including phenoxy) is 2. The number of furan rings is 1. The summed E-state index contributed by atoms with van der Waals surface area (Å²) in [5.41, 5.74) is 0.419. The van der Waals surface area contributed by atoms with Crippen LogP contribution in [-0.2, 0) is 9.30 Å². The van der Waals surface area contributed by atoms with Crippen LogP contribution in [0.1, 0.15) is 10.6 Å².